The molecular formula is C19H19N3OS. The lowest BCUT2D eigenvalue weighted by Crippen LogP contribution is -2.05. The highest BCUT2D eigenvalue weighted by Gasteiger charge is 1.95. The van der Waals surface area contributed by atoms with Crippen LogP contribution < -0.4 is 5.73 Å². The van der Waals surface area contributed by atoms with Gasteiger partial charge in [-0.2, -0.15) is 5.10 Å². The Balaban J connectivity index is 1.85. The van der Waals surface area contributed by atoms with E-state index < -0.39 is 0 Å². The van der Waals surface area contributed by atoms with Crippen molar-refractivity contribution in [2.24, 2.45) is 15.9 Å². The smallest absolute Gasteiger partial charge is 0.180 e. The predicted molar refractivity (Wildman–Crippen MR) is 102 cm³/mol. The average Bonchev–Trinajstić information content (AvgIpc) is 2.62. The Morgan fingerprint density at radius 3 is 2.58 bits per heavy atom. The van der Waals surface area contributed by atoms with Crippen LogP contribution in [0.4, 0.5) is 0 Å². The summed E-state index contributed by atoms with van der Waals surface area (Å²) >= 11 is 1.45. The summed E-state index contributed by atoms with van der Waals surface area (Å²) < 4.78 is 0. The molecule has 0 amide bonds. The first kappa shape index (κ1) is 17.8. The van der Waals surface area contributed by atoms with Gasteiger partial charge in [0.05, 0.1) is 12.8 Å². The zero-order valence-corrected chi connectivity index (χ0v) is 14.0. The molecule has 3 N–H and O–H groups in total. The Hall–Kier alpha value is -2.55. The molecule has 0 heterocycles. The van der Waals surface area contributed by atoms with Crippen molar-refractivity contribution in [3.8, 4) is 11.8 Å². The third-order valence-electron chi connectivity index (χ3n) is 2.97. The van der Waals surface area contributed by atoms with E-state index in [0.717, 1.165) is 16.9 Å². The van der Waals surface area contributed by atoms with E-state index in [4.69, 9.17) is 10.8 Å². The monoisotopic (exact) mass is 337 g/mol. The molecule has 4 nitrogen and oxygen atoms in total. The van der Waals surface area contributed by atoms with Crippen LogP contribution in [0.5, 0.6) is 0 Å². The Kier molecular flexibility index (Phi) is 7.61. The van der Waals surface area contributed by atoms with Crippen LogP contribution in [0, 0.1) is 11.8 Å². The molecule has 24 heavy (non-hydrogen) atoms. The fourth-order valence-corrected chi connectivity index (χ4v) is 2.40. The Morgan fingerprint density at radius 2 is 1.88 bits per heavy atom. The zero-order chi connectivity index (χ0) is 17.0. The number of benzene rings is 2. The van der Waals surface area contributed by atoms with Crippen molar-refractivity contribution < 1.29 is 5.11 Å². The van der Waals surface area contributed by atoms with Gasteiger partial charge in [-0.3, -0.25) is 0 Å². The molecule has 0 aliphatic carbocycles. The number of amidine groups is 1. The normalized spacial score (nSPS) is 11.3. The molecule has 0 fully saturated rings. The van der Waals surface area contributed by atoms with Gasteiger partial charge in [-0.05, 0) is 23.3 Å². The molecule has 5 heteroatoms. The molecule has 0 aliphatic rings. The minimum atomic E-state index is 0.0828. The molecule has 122 valence electrons. The van der Waals surface area contributed by atoms with E-state index in [1.54, 1.807) is 6.21 Å². The van der Waals surface area contributed by atoms with Gasteiger partial charge in [-0.1, -0.05) is 66.1 Å². The van der Waals surface area contributed by atoms with E-state index in [0.29, 0.717) is 11.6 Å². The third kappa shape index (κ3) is 6.69. The van der Waals surface area contributed by atoms with E-state index in [9.17, 15) is 0 Å². The molecule has 2 aromatic carbocycles. The quantitative estimate of drug-likeness (QED) is 0.381. The van der Waals surface area contributed by atoms with Crippen LogP contribution in [0.2, 0.25) is 0 Å². The van der Waals surface area contributed by atoms with Gasteiger partial charge in [0, 0.05) is 17.7 Å². The van der Waals surface area contributed by atoms with Gasteiger partial charge in [0.2, 0.25) is 0 Å². The molecular weight excluding hydrogens is 318 g/mol. The second-order valence-corrected chi connectivity index (χ2v) is 5.85. The summed E-state index contributed by atoms with van der Waals surface area (Å²) in [6, 6.07) is 17.7. The fourth-order valence-electron chi connectivity index (χ4n) is 1.79. The first-order valence-electron chi connectivity index (χ1n) is 7.51. The first-order valence-corrected chi connectivity index (χ1v) is 8.49. The molecule has 0 aromatic heterocycles. The number of thioether (sulfide) groups is 1. The first-order chi connectivity index (χ1) is 11.8. The third-order valence-corrected chi connectivity index (χ3v) is 3.83. The fraction of sp³-hybridized carbons (Fsp3) is 0.158. The van der Waals surface area contributed by atoms with Crippen LogP contribution in [-0.2, 0) is 5.75 Å². The number of nitrogens with two attached hydrogens (primary N) is 1. The highest BCUT2D eigenvalue weighted by Crippen LogP contribution is 2.11. The molecule has 0 aliphatic heterocycles. The highest BCUT2D eigenvalue weighted by atomic mass is 32.2. The zero-order valence-electron chi connectivity index (χ0n) is 13.2. The van der Waals surface area contributed by atoms with Crippen LogP contribution in [-0.4, -0.2) is 23.1 Å². The van der Waals surface area contributed by atoms with Crippen LogP contribution in [0.1, 0.15) is 23.1 Å². The van der Waals surface area contributed by atoms with E-state index in [1.165, 1.54) is 17.3 Å². The number of hydrogen-bond donors (Lipinski definition) is 2. The largest absolute Gasteiger partial charge is 0.395 e. The summed E-state index contributed by atoms with van der Waals surface area (Å²) in [4.78, 5) is 0. The SMILES string of the molecule is NC(=NN=Cc1ccc(C#CCCO)cc1)SCc1ccccc1. The van der Waals surface area contributed by atoms with Crippen LogP contribution in [0.25, 0.3) is 0 Å². The van der Waals surface area contributed by atoms with E-state index in [2.05, 4.69) is 34.2 Å². The van der Waals surface area contributed by atoms with Crippen LogP contribution >= 0.6 is 11.8 Å². The maximum absolute atomic E-state index is 8.69. The standard InChI is InChI=1S/C19H19N3OS/c20-19(24-15-18-7-2-1-3-8-18)22-21-14-17-11-9-16(10-12-17)6-4-5-13-23/h1-3,7-12,14,23H,5,13,15H2,(H2,20,22). The number of rotatable bonds is 5. The van der Waals surface area contributed by atoms with Crippen LogP contribution in [0.15, 0.2) is 64.8 Å². The van der Waals surface area contributed by atoms with Gasteiger partial charge < -0.3 is 10.8 Å². The highest BCUT2D eigenvalue weighted by molar-refractivity contribution is 8.13. The number of aliphatic hydroxyl groups excluding tert-OH is 1. The van der Waals surface area contributed by atoms with Crippen molar-refractivity contribution in [2.75, 3.05) is 6.61 Å². The molecule has 0 bridgehead atoms. The number of hydrogen-bond acceptors (Lipinski definition) is 4. The summed E-state index contributed by atoms with van der Waals surface area (Å²) in [6.45, 7) is 0.0828. The second kappa shape index (κ2) is 10.3. The number of aliphatic hydroxyl groups is 1. The van der Waals surface area contributed by atoms with Gasteiger partial charge in [0.15, 0.2) is 5.17 Å². The minimum absolute atomic E-state index is 0.0828. The Labute approximate surface area is 146 Å². The van der Waals surface area contributed by atoms with E-state index in [1.807, 2.05) is 42.5 Å². The van der Waals surface area contributed by atoms with Crippen molar-refractivity contribution in [1.82, 2.24) is 0 Å². The van der Waals surface area contributed by atoms with Crippen molar-refractivity contribution in [1.29, 1.82) is 0 Å². The second-order valence-electron chi connectivity index (χ2n) is 4.85. The van der Waals surface area contributed by atoms with Crippen molar-refractivity contribution in [3.63, 3.8) is 0 Å². The predicted octanol–water partition coefficient (Wildman–Crippen LogP) is 3.00. The topological polar surface area (TPSA) is 71.0 Å². The molecule has 2 aromatic rings. The summed E-state index contributed by atoms with van der Waals surface area (Å²) in [6.07, 6.45) is 2.14. The Bertz CT molecular complexity index is 744. The molecule has 0 unspecified atom stereocenters. The molecule has 0 atom stereocenters. The lowest BCUT2D eigenvalue weighted by atomic mass is 10.1. The maximum atomic E-state index is 8.69. The summed E-state index contributed by atoms with van der Waals surface area (Å²) in [5.41, 5.74) is 8.86. The van der Waals surface area contributed by atoms with Crippen molar-refractivity contribution in [3.05, 3.63) is 71.3 Å². The number of nitrogens with zero attached hydrogens (tertiary/aromatic N) is 2. The Morgan fingerprint density at radius 1 is 1.12 bits per heavy atom. The summed E-state index contributed by atoms with van der Waals surface area (Å²) in [5.74, 6) is 6.63. The summed E-state index contributed by atoms with van der Waals surface area (Å²) in [7, 11) is 0. The molecule has 2 rings (SSSR count). The minimum Gasteiger partial charge on any atom is -0.395 e. The molecule has 0 saturated carbocycles. The van der Waals surface area contributed by atoms with Gasteiger partial charge in [0.1, 0.15) is 0 Å². The molecule has 0 spiro atoms. The molecule has 0 saturated heterocycles. The van der Waals surface area contributed by atoms with Crippen molar-refractivity contribution >= 4 is 23.1 Å². The van der Waals surface area contributed by atoms with Gasteiger partial charge in [-0.25, -0.2) is 0 Å². The van der Waals surface area contributed by atoms with Crippen LogP contribution in [0.3, 0.4) is 0 Å². The van der Waals surface area contributed by atoms with Gasteiger partial charge in [-0.15, -0.1) is 5.10 Å². The maximum Gasteiger partial charge on any atom is 0.180 e. The molecule has 0 radical (unpaired) electrons. The van der Waals surface area contributed by atoms with Gasteiger partial charge in [0.25, 0.3) is 0 Å². The summed E-state index contributed by atoms with van der Waals surface area (Å²) in [5, 5.41) is 17.1. The van der Waals surface area contributed by atoms with E-state index in [-0.39, 0.29) is 6.61 Å². The van der Waals surface area contributed by atoms with Gasteiger partial charge >= 0.3 is 0 Å². The van der Waals surface area contributed by atoms with E-state index >= 15 is 0 Å². The average molecular weight is 337 g/mol. The lowest BCUT2D eigenvalue weighted by molar-refractivity contribution is 0.305. The lowest BCUT2D eigenvalue weighted by Gasteiger charge is -1.99. The van der Waals surface area contributed by atoms with Crippen molar-refractivity contribution in [2.45, 2.75) is 12.2 Å².